The molecule has 0 spiro atoms. The van der Waals surface area contributed by atoms with Crippen molar-refractivity contribution in [1.29, 1.82) is 0 Å². The van der Waals surface area contributed by atoms with E-state index in [0.29, 0.717) is 28.5 Å². The minimum absolute atomic E-state index is 0.127. The molecule has 15 heteroatoms. The smallest absolute Gasteiger partial charge is 0.433 e. The molecule has 4 rings (SSSR count). The largest absolute Gasteiger partial charge is 0.481 e. The molecule has 0 bridgehead atoms. The number of ketones is 1. The van der Waals surface area contributed by atoms with Crippen LogP contribution in [0.15, 0.2) is 36.8 Å². The lowest BCUT2D eigenvalue weighted by atomic mass is 9.79. The van der Waals surface area contributed by atoms with Crippen molar-refractivity contribution in [3.63, 3.8) is 0 Å². The Bertz CT molecular complexity index is 1500. The summed E-state index contributed by atoms with van der Waals surface area (Å²) >= 11 is 12.1. The van der Waals surface area contributed by atoms with Crippen molar-refractivity contribution in [2.75, 3.05) is 6.54 Å². The van der Waals surface area contributed by atoms with Crippen LogP contribution in [0.3, 0.4) is 0 Å². The number of pyridine rings is 1. The van der Waals surface area contributed by atoms with Gasteiger partial charge in [-0.15, -0.1) is 0 Å². The van der Waals surface area contributed by atoms with Crippen molar-refractivity contribution >= 4 is 40.9 Å². The number of benzene rings is 1. The first-order valence-electron chi connectivity index (χ1n) is 13.1. The van der Waals surface area contributed by atoms with Crippen LogP contribution in [-0.2, 0) is 17.5 Å². The van der Waals surface area contributed by atoms with Gasteiger partial charge in [-0.1, -0.05) is 30.1 Å². The van der Waals surface area contributed by atoms with Crippen molar-refractivity contribution < 1.29 is 41.4 Å². The van der Waals surface area contributed by atoms with Gasteiger partial charge in [0, 0.05) is 25.0 Å². The van der Waals surface area contributed by atoms with E-state index < -0.39 is 71.8 Å². The first kappa shape index (κ1) is 32.3. The third-order valence-corrected chi connectivity index (χ3v) is 8.10. The molecule has 0 unspecified atom stereocenters. The summed E-state index contributed by atoms with van der Waals surface area (Å²) in [6, 6.07) is 1.57. The number of carboxylic acids is 1. The monoisotopic (exact) mass is 646 g/mol. The van der Waals surface area contributed by atoms with Gasteiger partial charge >= 0.3 is 12.1 Å². The minimum atomic E-state index is -5.05. The number of carbonyl (C=O) groups excluding carboxylic acids is 2. The van der Waals surface area contributed by atoms with Gasteiger partial charge < -0.3 is 10.0 Å². The van der Waals surface area contributed by atoms with Gasteiger partial charge in [0.05, 0.1) is 45.9 Å². The zero-order valence-electron chi connectivity index (χ0n) is 22.5. The SMILES string of the molecule is C[C@H](C(=O)O)[C@H]1CC[C@@H](n2ncc(C(=O)N(CC(=O)c3c(Cl)cncc3Cl)Cc3cc(F)cc(F)c3)c2C(F)(F)F)CC1. The number of carbonyl (C=O) groups is 3. The number of hydrogen-bond donors (Lipinski definition) is 1. The van der Waals surface area contributed by atoms with Crippen LogP contribution in [0.4, 0.5) is 22.0 Å². The van der Waals surface area contributed by atoms with E-state index >= 15 is 0 Å². The maximum Gasteiger partial charge on any atom is 0.433 e. The molecule has 3 aromatic rings. The molecule has 1 N–H and O–H groups in total. The van der Waals surface area contributed by atoms with E-state index in [1.165, 1.54) is 0 Å². The van der Waals surface area contributed by atoms with Gasteiger partial charge in [0.1, 0.15) is 11.6 Å². The van der Waals surface area contributed by atoms with E-state index in [1.807, 2.05) is 0 Å². The van der Waals surface area contributed by atoms with E-state index in [-0.39, 0.29) is 39.9 Å². The van der Waals surface area contributed by atoms with Gasteiger partial charge in [0.15, 0.2) is 11.5 Å². The van der Waals surface area contributed by atoms with Gasteiger partial charge in [-0.2, -0.15) is 18.3 Å². The van der Waals surface area contributed by atoms with Gasteiger partial charge in [0.2, 0.25) is 0 Å². The van der Waals surface area contributed by atoms with Crippen molar-refractivity contribution in [2.45, 2.75) is 51.4 Å². The van der Waals surface area contributed by atoms with E-state index in [2.05, 4.69) is 10.1 Å². The average molecular weight is 647 g/mol. The van der Waals surface area contributed by atoms with Crippen LogP contribution in [0.1, 0.15) is 70.6 Å². The standard InChI is InChI=1S/C28H25Cl2F5N4O4/c1-14(27(42)43)16-2-4-19(5-3-16)39-25(28(33,34)35)20(9-37-39)26(41)38(12-15-6-17(31)8-18(32)7-15)13-23(40)24-21(29)10-36-11-22(24)30/h6-11,14,16,19H,2-5,12-13H2,1H3,(H,42,43)/t14-,16-,19+/m0/s1. The predicted octanol–water partition coefficient (Wildman–Crippen LogP) is 6.86. The van der Waals surface area contributed by atoms with Gasteiger partial charge in [0.25, 0.3) is 5.91 Å². The highest BCUT2D eigenvalue weighted by Gasteiger charge is 2.43. The minimum Gasteiger partial charge on any atom is -0.481 e. The lowest BCUT2D eigenvalue weighted by molar-refractivity contribution is -0.145. The van der Waals surface area contributed by atoms with Crippen LogP contribution >= 0.6 is 23.2 Å². The maximum atomic E-state index is 14.5. The highest BCUT2D eigenvalue weighted by atomic mass is 35.5. The number of aliphatic carboxylic acids is 1. The van der Waals surface area contributed by atoms with Crippen LogP contribution in [0, 0.1) is 23.5 Å². The third-order valence-electron chi connectivity index (χ3n) is 7.53. The summed E-state index contributed by atoms with van der Waals surface area (Å²) in [6.45, 7) is 0.0626. The third kappa shape index (κ3) is 7.32. The fraction of sp³-hybridized carbons (Fsp3) is 0.393. The highest BCUT2D eigenvalue weighted by molar-refractivity contribution is 6.39. The second-order valence-electron chi connectivity index (χ2n) is 10.4. The Kier molecular flexibility index (Phi) is 9.75. The lowest BCUT2D eigenvalue weighted by Gasteiger charge is -2.32. The molecule has 1 fully saturated rings. The molecule has 43 heavy (non-hydrogen) atoms. The summed E-state index contributed by atoms with van der Waals surface area (Å²) in [7, 11) is 0. The number of amides is 1. The van der Waals surface area contributed by atoms with Crippen LogP contribution in [0.5, 0.6) is 0 Å². The second-order valence-corrected chi connectivity index (χ2v) is 11.2. The molecule has 1 aromatic carbocycles. The number of rotatable bonds is 9. The summed E-state index contributed by atoms with van der Waals surface area (Å²) in [6.07, 6.45) is -0.984. The quantitative estimate of drug-likeness (QED) is 0.201. The average Bonchev–Trinajstić information content (AvgIpc) is 3.37. The number of aromatic nitrogens is 3. The molecule has 2 aromatic heterocycles. The predicted molar refractivity (Wildman–Crippen MR) is 145 cm³/mol. The summed E-state index contributed by atoms with van der Waals surface area (Å²) in [4.78, 5) is 42.7. The molecule has 0 aliphatic heterocycles. The summed E-state index contributed by atoms with van der Waals surface area (Å²) < 4.78 is 72.0. The number of hydrogen-bond acceptors (Lipinski definition) is 5. The van der Waals surface area contributed by atoms with Crippen molar-refractivity contribution in [3.8, 4) is 0 Å². The summed E-state index contributed by atoms with van der Waals surface area (Å²) in [5, 5.41) is 12.9. The molecule has 0 saturated heterocycles. The Balaban J connectivity index is 1.70. The Morgan fingerprint density at radius 2 is 1.60 bits per heavy atom. The molecule has 230 valence electrons. The van der Waals surface area contributed by atoms with Crippen LogP contribution < -0.4 is 0 Å². The number of halogens is 7. The zero-order chi connectivity index (χ0) is 31.6. The van der Waals surface area contributed by atoms with Gasteiger partial charge in [-0.3, -0.25) is 24.0 Å². The molecule has 1 aliphatic rings. The van der Waals surface area contributed by atoms with Crippen molar-refractivity contribution in [1.82, 2.24) is 19.7 Å². The van der Waals surface area contributed by atoms with E-state index in [0.717, 1.165) is 30.7 Å². The zero-order valence-corrected chi connectivity index (χ0v) is 24.1. The molecule has 1 aliphatic carbocycles. The maximum absolute atomic E-state index is 14.5. The topological polar surface area (TPSA) is 105 Å². The Labute approximate surface area is 252 Å². The second kappa shape index (κ2) is 13.0. The van der Waals surface area contributed by atoms with E-state index in [1.54, 1.807) is 6.92 Å². The number of alkyl halides is 3. The highest BCUT2D eigenvalue weighted by Crippen LogP contribution is 2.41. The number of carboxylic acid groups (broad SMARTS) is 1. The van der Waals surface area contributed by atoms with Gasteiger partial charge in [-0.05, 0) is 49.3 Å². The molecular weight excluding hydrogens is 622 g/mol. The Hall–Kier alpha value is -3.58. The Morgan fingerprint density at radius 1 is 1.02 bits per heavy atom. The fourth-order valence-corrected chi connectivity index (χ4v) is 5.92. The summed E-state index contributed by atoms with van der Waals surface area (Å²) in [5.41, 5.74) is -2.58. The number of nitrogens with zero attached hydrogens (tertiary/aromatic N) is 4. The molecular formula is C28H25Cl2F5N4O4. The first-order valence-corrected chi connectivity index (χ1v) is 13.9. The Morgan fingerprint density at radius 3 is 2.14 bits per heavy atom. The van der Waals surface area contributed by atoms with Crippen molar-refractivity contribution in [3.05, 3.63) is 80.9 Å². The normalized spacial score (nSPS) is 17.9. The van der Waals surface area contributed by atoms with Crippen LogP contribution in [-0.4, -0.2) is 49.0 Å². The van der Waals surface area contributed by atoms with Crippen LogP contribution in [0.25, 0.3) is 0 Å². The van der Waals surface area contributed by atoms with Gasteiger partial charge in [-0.25, -0.2) is 8.78 Å². The lowest BCUT2D eigenvalue weighted by Crippen LogP contribution is -2.37. The molecule has 1 atom stereocenters. The molecule has 1 amide bonds. The van der Waals surface area contributed by atoms with E-state index in [4.69, 9.17) is 23.2 Å². The number of Topliss-reactive ketones (excluding diaryl/α,β-unsaturated/α-hetero) is 1. The first-order chi connectivity index (χ1) is 20.2. The van der Waals surface area contributed by atoms with Crippen molar-refractivity contribution in [2.24, 2.45) is 11.8 Å². The fourth-order valence-electron chi connectivity index (χ4n) is 5.35. The molecule has 0 radical (unpaired) electrons. The molecule has 2 heterocycles. The summed E-state index contributed by atoms with van der Waals surface area (Å²) in [5.74, 6) is -6.00. The van der Waals surface area contributed by atoms with E-state index in [9.17, 15) is 41.4 Å². The molecule has 8 nitrogen and oxygen atoms in total. The van der Waals surface area contributed by atoms with Crippen LogP contribution in [0.2, 0.25) is 10.0 Å². The molecule has 1 saturated carbocycles.